The summed E-state index contributed by atoms with van der Waals surface area (Å²) in [4.78, 5) is 41.9. The van der Waals surface area contributed by atoms with Gasteiger partial charge in [0.25, 0.3) is 5.91 Å². The first-order valence-corrected chi connectivity index (χ1v) is 13.0. The molecule has 0 spiro atoms. The molecule has 0 aliphatic heterocycles. The molecule has 9 heteroatoms. The molecular weight excluding hydrogens is 490 g/mol. The van der Waals surface area contributed by atoms with Crippen LogP contribution in [0.3, 0.4) is 0 Å². The molecule has 0 aromatic heterocycles. The number of carbonyl (C=O) groups is 3. The zero-order chi connectivity index (χ0) is 27.5. The maximum Gasteiger partial charge on any atom is 0.408 e. The normalized spacial score (nSPS) is 18.4. The fraction of sp³-hybridized carbons (Fsp3) is 0.464. The summed E-state index contributed by atoms with van der Waals surface area (Å²) in [5.74, 6) is -0.693. The molecule has 0 bridgehead atoms. The van der Waals surface area contributed by atoms with Gasteiger partial charge in [-0.1, -0.05) is 37.3 Å². The zero-order valence-electron chi connectivity index (χ0n) is 22.2. The number of amides is 3. The Hall–Kier alpha value is -3.20. The van der Waals surface area contributed by atoms with Crippen molar-refractivity contribution in [3.63, 3.8) is 0 Å². The molecule has 3 N–H and O–H groups in total. The molecule has 0 radical (unpaired) electrons. The van der Waals surface area contributed by atoms with Crippen molar-refractivity contribution in [1.82, 2.24) is 10.2 Å². The number of alkyl carbamates (subject to hydrolysis) is 1. The summed E-state index contributed by atoms with van der Waals surface area (Å²) in [6.07, 6.45) is -0.0266. The van der Waals surface area contributed by atoms with Gasteiger partial charge in [0.2, 0.25) is 5.91 Å². The van der Waals surface area contributed by atoms with Crippen LogP contribution in [0.4, 0.5) is 10.5 Å². The molecule has 2 aromatic rings. The molecule has 0 saturated heterocycles. The summed E-state index contributed by atoms with van der Waals surface area (Å²) in [7, 11) is 0. The molecule has 200 valence electrons. The highest BCUT2D eigenvalue weighted by atomic mass is 32.1. The summed E-state index contributed by atoms with van der Waals surface area (Å²) >= 11 is 4.32. The van der Waals surface area contributed by atoms with Gasteiger partial charge in [-0.2, -0.15) is 12.6 Å². The quantitative estimate of drug-likeness (QED) is 0.371. The average molecular weight is 528 g/mol. The first kappa shape index (κ1) is 28.4. The number of anilines is 1. The van der Waals surface area contributed by atoms with E-state index >= 15 is 0 Å². The Kier molecular flexibility index (Phi) is 8.79. The third-order valence-corrected chi connectivity index (χ3v) is 6.66. The minimum absolute atomic E-state index is 0.0148. The Labute approximate surface area is 224 Å². The summed E-state index contributed by atoms with van der Waals surface area (Å²) < 4.78 is 5.34. The van der Waals surface area contributed by atoms with E-state index in [1.807, 2.05) is 39.0 Å². The fourth-order valence-corrected chi connectivity index (χ4v) is 4.57. The fourth-order valence-electron chi connectivity index (χ4n) is 4.32. The molecule has 8 nitrogen and oxygen atoms in total. The van der Waals surface area contributed by atoms with E-state index in [0.717, 1.165) is 11.1 Å². The van der Waals surface area contributed by atoms with Gasteiger partial charge in [0.05, 0.1) is 0 Å². The van der Waals surface area contributed by atoms with Crippen molar-refractivity contribution in [3.8, 4) is 5.75 Å². The highest BCUT2D eigenvalue weighted by molar-refractivity contribution is 7.80. The van der Waals surface area contributed by atoms with Crippen LogP contribution in [0.25, 0.3) is 0 Å². The number of nitrogens with one attached hydrogen (secondary N) is 2. The van der Waals surface area contributed by atoms with E-state index in [0.29, 0.717) is 17.7 Å². The van der Waals surface area contributed by atoms with E-state index in [1.165, 1.54) is 17.0 Å². The average Bonchev–Trinajstić information content (AvgIpc) is 3.52. The van der Waals surface area contributed by atoms with Gasteiger partial charge < -0.3 is 25.4 Å². The van der Waals surface area contributed by atoms with E-state index in [-0.39, 0.29) is 23.5 Å². The van der Waals surface area contributed by atoms with Gasteiger partial charge in [-0.05, 0) is 75.8 Å². The largest absolute Gasteiger partial charge is 0.508 e. The topological polar surface area (TPSA) is 108 Å². The Morgan fingerprint density at radius 2 is 1.73 bits per heavy atom. The Bertz CT molecular complexity index is 1140. The Morgan fingerprint density at radius 3 is 2.24 bits per heavy atom. The van der Waals surface area contributed by atoms with Gasteiger partial charge in [0.1, 0.15) is 23.4 Å². The van der Waals surface area contributed by atoms with E-state index in [1.54, 1.807) is 32.9 Å². The van der Waals surface area contributed by atoms with Crippen LogP contribution < -0.4 is 10.6 Å². The molecule has 1 fully saturated rings. The van der Waals surface area contributed by atoms with E-state index < -0.39 is 35.6 Å². The van der Waals surface area contributed by atoms with E-state index in [9.17, 15) is 19.5 Å². The number of para-hydroxylation sites is 1. The molecule has 3 amide bonds. The lowest BCUT2D eigenvalue weighted by molar-refractivity contribution is -0.141. The highest BCUT2D eigenvalue weighted by Crippen LogP contribution is 2.41. The maximum atomic E-state index is 14.0. The number of ether oxygens (including phenoxy) is 1. The van der Waals surface area contributed by atoms with Crippen LogP contribution in [0.15, 0.2) is 42.5 Å². The summed E-state index contributed by atoms with van der Waals surface area (Å²) in [5, 5.41) is 15.8. The van der Waals surface area contributed by atoms with Crippen molar-refractivity contribution in [1.29, 1.82) is 0 Å². The molecule has 0 heterocycles. The number of phenols is 1. The number of nitrogens with zero attached hydrogens (tertiary/aromatic N) is 1. The molecule has 1 aliphatic rings. The Balaban J connectivity index is 2.01. The molecule has 2 aromatic carbocycles. The third kappa shape index (κ3) is 7.19. The van der Waals surface area contributed by atoms with Gasteiger partial charge in [0.15, 0.2) is 0 Å². The van der Waals surface area contributed by atoms with Crippen molar-refractivity contribution >= 4 is 36.2 Å². The van der Waals surface area contributed by atoms with Gasteiger partial charge in [0, 0.05) is 17.5 Å². The summed E-state index contributed by atoms with van der Waals surface area (Å²) in [5.41, 5.74) is 2.17. The predicted molar refractivity (Wildman–Crippen MR) is 147 cm³/mol. The van der Waals surface area contributed by atoms with Crippen molar-refractivity contribution in [2.75, 3.05) is 11.1 Å². The molecule has 37 heavy (non-hydrogen) atoms. The smallest absolute Gasteiger partial charge is 0.408 e. The second kappa shape index (κ2) is 11.5. The number of hydrogen-bond acceptors (Lipinski definition) is 6. The van der Waals surface area contributed by atoms with Crippen LogP contribution in [0.1, 0.15) is 56.8 Å². The van der Waals surface area contributed by atoms with Gasteiger partial charge in [-0.25, -0.2) is 4.79 Å². The number of rotatable bonds is 8. The Morgan fingerprint density at radius 1 is 1.14 bits per heavy atom. The number of hydrogen-bond donors (Lipinski definition) is 4. The number of aryl methyl sites for hydroxylation is 2. The van der Waals surface area contributed by atoms with Gasteiger partial charge in [-0.15, -0.1) is 0 Å². The second-order valence-corrected chi connectivity index (χ2v) is 11.0. The number of thiol groups is 1. The second-order valence-electron chi connectivity index (χ2n) is 10.7. The number of benzene rings is 2. The molecule has 4 atom stereocenters. The standard InChI is InChI=1S/C28H37N3O5S/c1-16-9-7-10-17(2)23(16)30-25(33)24(19-11-8-12-20(32)14-19)31(22-13-18(22)3)26(34)21(15-37)29-27(35)36-28(4,5)6/h7-12,14,18,21-22,24,32,37H,13,15H2,1-6H3,(H,29,35)(H,30,33). The third-order valence-electron chi connectivity index (χ3n) is 6.29. The van der Waals surface area contributed by atoms with E-state index in [2.05, 4.69) is 23.3 Å². The SMILES string of the molecule is Cc1cccc(C)c1NC(=O)C(c1cccc(O)c1)N(C(=O)C(CS)NC(=O)OC(C)(C)C)C1CC1C. The van der Waals surface area contributed by atoms with Crippen molar-refractivity contribution in [3.05, 3.63) is 59.2 Å². The zero-order valence-corrected chi connectivity index (χ0v) is 23.1. The number of phenolic OH excluding ortho intramolecular Hbond substituents is 1. The summed E-state index contributed by atoms with van der Waals surface area (Å²) in [6, 6.07) is 9.78. The highest BCUT2D eigenvalue weighted by Gasteiger charge is 2.48. The molecular formula is C28H37N3O5S. The predicted octanol–water partition coefficient (Wildman–Crippen LogP) is 4.75. The van der Waals surface area contributed by atoms with Crippen LogP contribution in [-0.4, -0.2) is 51.4 Å². The number of carbonyl (C=O) groups excluding carboxylic acids is 3. The van der Waals surface area contributed by atoms with E-state index in [4.69, 9.17) is 4.74 Å². The lowest BCUT2D eigenvalue weighted by Crippen LogP contribution is -2.54. The summed E-state index contributed by atoms with van der Waals surface area (Å²) in [6.45, 7) is 11.0. The van der Waals surface area contributed by atoms with Gasteiger partial charge >= 0.3 is 6.09 Å². The van der Waals surface area contributed by atoms with Crippen LogP contribution in [0.2, 0.25) is 0 Å². The molecule has 3 rings (SSSR count). The molecule has 4 unspecified atom stereocenters. The molecule has 1 aliphatic carbocycles. The molecule has 1 saturated carbocycles. The van der Waals surface area contributed by atoms with Crippen LogP contribution in [0.5, 0.6) is 5.75 Å². The lowest BCUT2D eigenvalue weighted by atomic mass is 10.0. The van der Waals surface area contributed by atoms with Crippen molar-refractivity contribution < 1.29 is 24.2 Å². The number of aromatic hydroxyl groups is 1. The van der Waals surface area contributed by atoms with Crippen LogP contribution >= 0.6 is 12.6 Å². The lowest BCUT2D eigenvalue weighted by Gasteiger charge is -2.35. The van der Waals surface area contributed by atoms with Crippen molar-refractivity contribution in [2.45, 2.75) is 71.7 Å². The monoisotopic (exact) mass is 527 g/mol. The minimum Gasteiger partial charge on any atom is -0.508 e. The minimum atomic E-state index is -1.05. The first-order valence-electron chi connectivity index (χ1n) is 12.4. The maximum absolute atomic E-state index is 14.0. The van der Waals surface area contributed by atoms with Crippen molar-refractivity contribution in [2.24, 2.45) is 5.92 Å². The van der Waals surface area contributed by atoms with Gasteiger partial charge in [-0.3, -0.25) is 9.59 Å². The first-order chi connectivity index (χ1) is 17.3. The van der Waals surface area contributed by atoms with Crippen LogP contribution in [0, 0.1) is 19.8 Å². The van der Waals surface area contributed by atoms with Crippen LogP contribution in [-0.2, 0) is 14.3 Å².